The van der Waals surface area contributed by atoms with Crippen molar-refractivity contribution in [3.63, 3.8) is 0 Å². The van der Waals surface area contributed by atoms with Crippen LogP contribution in [0.2, 0.25) is 5.02 Å². The number of fused-ring (bicyclic) bond motifs is 1. The number of thiazole rings is 1. The topological polar surface area (TPSA) is 34.4 Å². The lowest BCUT2D eigenvalue weighted by Crippen LogP contribution is -2.17. The molecule has 3 nitrogen and oxygen atoms in total. The molecule has 2 aromatic carbocycles. The van der Waals surface area contributed by atoms with Gasteiger partial charge in [-0.25, -0.2) is 0 Å². The van der Waals surface area contributed by atoms with E-state index in [1.165, 1.54) is 16.9 Å². The van der Waals surface area contributed by atoms with Gasteiger partial charge in [-0.3, -0.25) is 4.79 Å². The Labute approximate surface area is 143 Å². The van der Waals surface area contributed by atoms with E-state index >= 15 is 0 Å². The molecule has 3 aromatic rings. The van der Waals surface area contributed by atoms with E-state index < -0.39 is 0 Å². The first-order valence-corrected chi connectivity index (χ1v) is 8.73. The van der Waals surface area contributed by atoms with E-state index in [0.717, 1.165) is 28.0 Å². The number of benzene rings is 2. The van der Waals surface area contributed by atoms with Crippen molar-refractivity contribution in [2.45, 2.75) is 26.8 Å². The zero-order chi connectivity index (χ0) is 16.4. The number of halogens is 1. The smallest absolute Gasteiger partial charge is 0.281 e. The molecule has 0 aliphatic heterocycles. The lowest BCUT2D eigenvalue weighted by molar-refractivity contribution is 0.0998. The lowest BCUT2D eigenvalue weighted by Gasteiger charge is -2.03. The number of hydrogen-bond donors (Lipinski definition) is 0. The second kappa shape index (κ2) is 6.69. The van der Waals surface area contributed by atoms with Crippen LogP contribution in [0.15, 0.2) is 47.5 Å². The Morgan fingerprint density at radius 2 is 2.04 bits per heavy atom. The second-order valence-electron chi connectivity index (χ2n) is 5.40. The van der Waals surface area contributed by atoms with Crippen LogP contribution in [-0.2, 0) is 6.54 Å². The minimum absolute atomic E-state index is 0.302. The fourth-order valence-electron chi connectivity index (χ4n) is 2.49. The van der Waals surface area contributed by atoms with Crippen molar-refractivity contribution < 1.29 is 4.79 Å². The molecule has 1 aromatic heterocycles. The van der Waals surface area contributed by atoms with E-state index in [1.54, 1.807) is 24.3 Å². The highest BCUT2D eigenvalue weighted by Crippen LogP contribution is 2.20. The summed E-state index contributed by atoms with van der Waals surface area (Å²) in [6.45, 7) is 5.01. The molecule has 23 heavy (non-hydrogen) atoms. The molecular formula is C18H17ClN2OS. The zero-order valence-corrected chi connectivity index (χ0v) is 14.6. The molecule has 3 rings (SSSR count). The highest BCUT2D eigenvalue weighted by molar-refractivity contribution is 7.16. The van der Waals surface area contributed by atoms with Gasteiger partial charge in [0.25, 0.3) is 5.91 Å². The van der Waals surface area contributed by atoms with Gasteiger partial charge in [-0.15, -0.1) is 0 Å². The number of aromatic nitrogens is 1. The van der Waals surface area contributed by atoms with Crippen molar-refractivity contribution in [2.24, 2.45) is 4.99 Å². The molecule has 0 fully saturated rings. The SMILES string of the molecule is CCCn1c(=NC(=O)c2ccccc2Cl)sc2cc(C)ccc21. The van der Waals surface area contributed by atoms with E-state index in [0.29, 0.717) is 10.6 Å². The van der Waals surface area contributed by atoms with Crippen LogP contribution < -0.4 is 4.80 Å². The second-order valence-corrected chi connectivity index (χ2v) is 6.82. The van der Waals surface area contributed by atoms with Gasteiger partial charge in [-0.2, -0.15) is 4.99 Å². The average Bonchev–Trinajstić information content (AvgIpc) is 2.84. The molecule has 0 N–H and O–H groups in total. The standard InChI is InChI=1S/C18H17ClN2OS/c1-3-10-21-15-9-8-12(2)11-16(15)23-18(21)20-17(22)13-6-4-5-7-14(13)19/h4-9,11H,3,10H2,1-2H3. The van der Waals surface area contributed by atoms with Crippen LogP contribution in [0, 0.1) is 6.92 Å². The first-order valence-electron chi connectivity index (χ1n) is 7.53. The highest BCUT2D eigenvalue weighted by atomic mass is 35.5. The summed E-state index contributed by atoms with van der Waals surface area (Å²) in [6, 6.07) is 13.3. The average molecular weight is 345 g/mol. The van der Waals surface area contributed by atoms with Gasteiger partial charge in [0.15, 0.2) is 4.80 Å². The van der Waals surface area contributed by atoms with Crippen molar-refractivity contribution in [1.29, 1.82) is 0 Å². The molecule has 0 radical (unpaired) electrons. The maximum absolute atomic E-state index is 12.5. The third-order valence-corrected chi connectivity index (χ3v) is 4.96. The van der Waals surface area contributed by atoms with Gasteiger partial charge >= 0.3 is 0 Å². The van der Waals surface area contributed by atoms with Gasteiger partial charge in [0.2, 0.25) is 0 Å². The Morgan fingerprint density at radius 3 is 2.78 bits per heavy atom. The Morgan fingerprint density at radius 1 is 1.26 bits per heavy atom. The summed E-state index contributed by atoms with van der Waals surface area (Å²) >= 11 is 7.64. The van der Waals surface area contributed by atoms with Crippen LogP contribution in [0.3, 0.4) is 0 Å². The summed E-state index contributed by atoms with van der Waals surface area (Å²) in [5.41, 5.74) is 2.75. The van der Waals surface area contributed by atoms with Crippen molar-refractivity contribution >= 4 is 39.1 Å². The van der Waals surface area contributed by atoms with E-state index in [2.05, 4.69) is 41.6 Å². The van der Waals surface area contributed by atoms with Gasteiger partial charge in [0, 0.05) is 6.54 Å². The van der Waals surface area contributed by atoms with Gasteiger partial charge in [0.1, 0.15) is 0 Å². The van der Waals surface area contributed by atoms with Crippen LogP contribution in [-0.4, -0.2) is 10.5 Å². The molecule has 1 heterocycles. The molecule has 0 unspecified atom stereocenters. The lowest BCUT2D eigenvalue weighted by atomic mass is 10.2. The fourth-order valence-corrected chi connectivity index (χ4v) is 3.86. The van der Waals surface area contributed by atoms with E-state index in [1.807, 2.05) is 0 Å². The van der Waals surface area contributed by atoms with Gasteiger partial charge in [-0.05, 0) is 43.2 Å². The molecule has 0 bridgehead atoms. The van der Waals surface area contributed by atoms with E-state index in [4.69, 9.17) is 11.6 Å². The molecule has 0 atom stereocenters. The first-order chi connectivity index (χ1) is 11.1. The molecule has 118 valence electrons. The van der Waals surface area contributed by atoms with E-state index in [9.17, 15) is 4.79 Å². The third-order valence-electron chi connectivity index (χ3n) is 3.59. The van der Waals surface area contributed by atoms with Crippen LogP contribution in [0.4, 0.5) is 0 Å². The largest absolute Gasteiger partial charge is 0.316 e. The first kappa shape index (κ1) is 16.0. The van der Waals surface area contributed by atoms with Crippen LogP contribution in [0.25, 0.3) is 10.2 Å². The normalized spacial score (nSPS) is 12.0. The molecule has 0 aliphatic carbocycles. The van der Waals surface area contributed by atoms with Crippen molar-refractivity contribution in [2.75, 3.05) is 0 Å². The van der Waals surface area contributed by atoms with Gasteiger partial charge in [0.05, 0.1) is 20.8 Å². The number of aryl methyl sites for hydroxylation is 2. The fraction of sp³-hybridized carbons (Fsp3) is 0.222. The molecule has 1 amide bonds. The predicted octanol–water partition coefficient (Wildman–Crippen LogP) is 4.82. The van der Waals surface area contributed by atoms with Gasteiger partial charge in [-0.1, -0.05) is 48.1 Å². The molecule has 0 aliphatic rings. The maximum Gasteiger partial charge on any atom is 0.281 e. The van der Waals surface area contributed by atoms with Crippen molar-refractivity contribution in [3.8, 4) is 0 Å². The third kappa shape index (κ3) is 3.23. The Kier molecular flexibility index (Phi) is 4.64. The zero-order valence-electron chi connectivity index (χ0n) is 13.0. The van der Waals surface area contributed by atoms with Crippen LogP contribution in [0.1, 0.15) is 29.3 Å². The monoisotopic (exact) mass is 344 g/mol. The van der Waals surface area contributed by atoms with Crippen LogP contribution >= 0.6 is 22.9 Å². The number of hydrogen-bond acceptors (Lipinski definition) is 2. The summed E-state index contributed by atoms with van der Waals surface area (Å²) in [7, 11) is 0. The van der Waals surface area contributed by atoms with Crippen molar-refractivity contribution in [1.82, 2.24) is 4.57 Å². The number of amides is 1. The Balaban J connectivity index is 2.16. The molecule has 0 spiro atoms. The molecule has 5 heteroatoms. The Hall–Kier alpha value is -1.91. The number of carbonyl (C=O) groups is 1. The number of carbonyl (C=O) groups excluding carboxylic acids is 1. The predicted molar refractivity (Wildman–Crippen MR) is 96.2 cm³/mol. The number of rotatable bonds is 3. The van der Waals surface area contributed by atoms with E-state index in [-0.39, 0.29) is 5.91 Å². The molecular weight excluding hydrogens is 328 g/mol. The summed E-state index contributed by atoms with van der Waals surface area (Å²) in [6.07, 6.45) is 0.979. The van der Waals surface area contributed by atoms with Gasteiger partial charge < -0.3 is 4.57 Å². The quantitative estimate of drug-likeness (QED) is 0.671. The minimum Gasteiger partial charge on any atom is -0.316 e. The maximum atomic E-state index is 12.5. The highest BCUT2D eigenvalue weighted by Gasteiger charge is 2.11. The molecule has 0 saturated heterocycles. The van der Waals surface area contributed by atoms with Crippen molar-refractivity contribution in [3.05, 3.63) is 63.4 Å². The Bertz CT molecular complexity index is 940. The molecule has 0 saturated carbocycles. The summed E-state index contributed by atoms with van der Waals surface area (Å²) < 4.78 is 3.25. The summed E-state index contributed by atoms with van der Waals surface area (Å²) in [5.74, 6) is -0.302. The minimum atomic E-state index is -0.302. The summed E-state index contributed by atoms with van der Waals surface area (Å²) in [4.78, 5) is 17.5. The van der Waals surface area contributed by atoms with Crippen LogP contribution in [0.5, 0.6) is 0 Å². The summed E-state index contributed by atoms with van der Waals surface area (Å²) in [5, 5.41) is 0.431. The number of nitrogens with zero attached hydrogens (tertiary/aromatic N) is 2.